The van der Waals surface area contributed by atoms with E-state index in [1.807, 2.05) is 0 Å². The van der Waals surface area contributed by atoms with Crippen LogP contribution in [0.5, 0.6) is 5.75 Å². The highest BCUT2D eigenvalue weighted by Crippen LogP contribution is 2.32. The molecule has 0 aliphatic carbocycles. The standard InChI is InChI=1S/C21H21NO7S/c1-3-12-22(17-9-4-5-10-18(17)27-2)30(25,26)16-8-6-7-15(14-16)20(23)29-19-11-13-28-21(19)24/h3-10,14,19H,1,11-13H2,2H3/t19-/m1/s1. The second kappa shape index (κ2) is 9.00. The summed E-state index contributed by atoms with van der Waals surface area (Å²) in [5, 5.41) is 0. The van der Waals surface area contributed by atoms with Crippen molar-refractivity contribution >= 4 is 27.6 Å². The Morgan fingerprint density at radius 2 is 2.03 bits per heavy atom. The molecule has 0 spiro atoms. The molecule has 0 aromatic heterocycles. The molecular formula is C21H21NO7S. The first-order chi connectivity index (χ1) is 14.4. The fourth-order valence-electron chi connectivity index (χ4n) is 2.97. The molecule has 0 N–H and O–H groups in total. The van der Waals surface area contributed by atoms with Gasteiger partial charge in [-0.3, -0.25) is 4.31 Å². The molecule has 30 heavy (non-hydrogen) atoms. The van der Waals surface area contributed by atoms with Crippen LogP contribution in [0.15, 0.2) is 66.1 Å². The largest absolute Gasteiger partial charge is 0.495 e. The van der Waals surface area contributed by atoms with Crippen molar-refractivity contribution in [3.8, 4) is 5.75 Å². The third kappa shape index (κ3) is 4.30. The van der Waals surface area contributed by atoms with Gasteiger partial charge in [0, 0.05) is 6.42 Å². The van der Waals surface area contributed by atoms with E-state index in [0.717, 1.165) is 4.31 Å². The van der Waals surface area contributed by atoms with E-state index in [9.17, 15) is 18.0 Å². The Balaban J connectivity index is 1.94. The lowest BCUT2D eigenvalue weighted by Gasteiger charge is -2.25. The predicted molar refractivity (Wildman–Crippen MR) is 109 cm³/mol. The summed E-state index contributed by atoms with van der Waals surface area (Å²) in [5.41, 5.74) is 0.343. The lowest BCUT2D eigenvalue weighted by atomic mass is 10.2. The Morgan fingerprint density at radius 3 is 2.70 bits per heavy atom. The molecular weight excluding hydrogens is 410 g/mol. The molecule has 8 nitrogen and oxygen atoms in total. The molecule has 1 saturated heterocycles. The second-order valence-corrected chi connectivity index (χ2v) is 8.24. The van der Waals surface area contributed by atoms with Crippen molar-refractivity contribution in [1.82, 2.24) is 0 Å². The van der Waals surface area contributed by atoms with Gasteiger partial charge in [-0.15, -0.1) is 6.58 Å². The van der Waals surface area contributed by atoms with Crippen LogP contribution in [-0.4, -0.2) is 46.7 Å². The lowest BCUT2D eigenvalue weighted by molar-refractivity contribution is -0.145. The van der Waals surface area contributed by atoms with Crippen LogP contribution in [0.2, 0.25) is 0 Å². The van der Waals surface area contributed by atoms with Crippen LogP contribution in [0, 0.1) is 0 Å². The highest BCUT2D eigenvalue weighted by molar-refractivity contribution is 7.92. The van der Waals surface area contributed by atoms with Crippen LogP contribution in [0.25, 0.3) is 0 Å². The van der Waals surface area contributed by atoms with E-state index in [1.165, 1.54) is 37.5 Å². The number of sulfonamides is 1. The summed E-state index contributed by atoms with van der Waals surface area (Å²) in [6.07, 6.45) is 0.737. The van der Waals surface area contributed by atoms with E-state index in [4.69, 9.17) is 14.2 Å². The zero-order valence-electron chi connectivity index (χ0n) is 16.3. The van der Waals surface area contributed by atoms with Gasteiger partial charge in [0.15, 0.2) is 0 Å². The number of hydrogen-bond acceptors (Lipinski definition) is 7. The van der Waals surface area contributed by atoms with Gasteiger partial charge in [0.05, 0.1) is 36.4 Å². The van der Waals surface area contributed by atoms with Crippen LogP contribution in [0.3, 0.4) is 0 Å². The van der Waals surface area contributed by atoms with Crippen molar-refractivity contribution in [3.63, 3.8) is 0 Å². The van der Waals surface area contributed by atoms with Crippen molar-refractivity contribution < 1.29 is 32.2 Å². The molecule has 158 valence electrons. The molecule has 3 rings (SSSR count). The van der Waals surface area contributed by atoms with Gasteiger partial charge in [-0.25, -0.2) is 18.0 Å². The van der Waals surface area contributed by atoms with Gasteiger partial charge in [-0.1, -0.05) is 24.3 Å². The average molecular weight is 431 g/mol. The average Bonchev–Trinajstić information content (AvgIpc) is 3.16. The molecule has 1 aliphatic rings. The molecule has 0 bridgehead atoms. The Morgan fingerprint density at radius 1 is 1.27 bits per heavy atom. The highest BCUT2D eigenvalue weighted by Gasteiger charge is 2.31. The summed E-state index contributed by atoms with van der Waals surface area (Å²) in [5.74, 6) is -1.04. The minimum Gasteiger partial charge on any atom is -0.495 e. The monoisotopic (exact) mass is 431 g/mol. The SMILES string of the molecule is C=CCN(c1ccccc1OC)S(=O)(=O)c1cccc(C(=O)O[C@@H]2CCOC2=O)c1. The van der Waals surface area contributed by atoms with Crippen LogP contribution in [0.1, 0.15) is 16.8 Å². The molecule has 1 aliphatic heterocycles. The van der Waals surface area contributed by atoms with Crippen molar-refractivity contribution in [1.29, 1.82) is 0 Å². The Labute approximate surface area is 174 Å². The van der Waals surface area contributed by atoms with Crippen molar-refractivity contribution in [2.45, 2.75) is 17.4 Å². The summed E-state index contributed by atoms with van der Waals surface area (Å²) >= 11 is 0. The maximum Gasteiger partial charge on any atom is 0.347 e. The Hall–Kier alpha value is -3.33. The molecule has 1 fully saturated rings. The van der Waals surface area contributed by atoms with E-state index in [0.29, 0.717) is 11.4 Å². The minimum absolute atomic E-state index is 0.00864. The maximum absolute atomic E-state index is 13.4. The number of esters is 2. The zero-order chi connectivity index (χ0) is 21.7. The van der Waals surface area contributed by atoms with Gasteiger partial charge in [-0.2, -0.15) is 0 Å². The summed E-state index contributed by atoms with van der Waals surface area (Å²) in [6, 6.07) is 12.1. The maximum atomic E-state index is 13.4. The number of carbonyl (C=O) groups excluding carboxylic acids is 2. The second-order valence-electron chi connectivity index (χ2n) is 6.37. The van der Waals surface area contributed by atoms with Crippen molar-refractivity contribution in [2.75, 3.05) is 24.6 Å². The van der Waals surface area contributed by atoms with E-state index in [2.05, 4.69) is 6.58 Å². The van der Waals surface area contributed by atoms with Gasteiger partial charge in [0.25, 0.3) is 10.0 Å². The van der Waals surface area contributed by atoms with E-state index >= 15 is 0 Å². The summed E-state index contributed by atoms with van der Waals surface area (Å²) in [6.45, 7) is 3.81. The van der Waals surface area contributed by atoms with Gasteiger partial charge < -0.3 is 14.2 Å². The number of anilines is 1. The third-order valence-corrected chi connectivity index (χ3v) is 6.22. The van der Waals surface area contributed by atoms with E-state index < -0.39 is 28.1 Å². The molecule has 9 heteroatoms. The molecule has 2 aromatic carbocycles. The first-order valence-corrected chi connectivity index (χ1v) is 10.6. The number of nitrogens with zero attached hydrogens (tertiary/aromatic N) is 1. The summed E-state index contributed by atoms with van der Waals surface area (Å²) in [4.78, 5) is 23.8. The van der Waals surface area contributed by atoms with Crippen molar-refractivity contribution in [2.24, 2.45) is 0 Å². The molecule has 0 saturated carbocycles. The number of para-hydroxylation sites is 2. The first-order valence-electron chi connectivity index (χ1n) is 9.13. The Bertz CT molecular complexity index is 1060. The molecule has 0 amide bonds. The van der Waals surface area contributed by atoms with E-state index in [-0.39, 0.29) is 30.0 Å². The number of ether oxygens (including phenoxy) is 3. The molecule has 1 heterocycles. The number of methoxy groups -OCH3 is 1. The van der Waals surface area contributed by atoms with Gasteiger partial charge in [-0.05, 0) is 30.3 Å². The normalized spacial score (nSPS) is 15.9. The smallest absolute Gasteiger partial charge is 0.347 e. The lowest BCUT2D eigenvalue weighted by Crippen LogP contribution is -2.31. The Kier molecular flexibility index (Phi) is 6.41. The number of cyclic esters (lactones) is 1. The number of benzene rings is 2. The fraction of sp³-hybridized carbons (Fsp3) is 0.238. The third-order valence-electron chi connectivity index (χ3n) is 4.44. The van der Waals surface area contributed by atoms with Gasteiger partial charge >= 0.3 is 11.9 Å². The minimum atomic E-state index is -4.06. The topological polar surface area (TPSA) is 99.2 Å². The van der Waals surface area contributed by atoms with Gasteiger partial charge in [0.1, 0.15) is 5.75 Å². The van der Waals surface area contributed by atoms with Crippen LogP contribution < -0.4 is 9.04 Å². The first kappa shape index (κ1) is 21.4. The zero-order valence-corrected chi connectivity index (χ0v) is 17.1. The van der Waals surface area contributed by atoms with Crippen molar-refractivity contribution in [3.05, 3.63) is 66.7 Å². The molecule has 0 radical (unpaired) electrons. The fourth-order valence-corrected chi connectivity index (χ4v) is 4.46. The number of rotatable bonds is 8. The van der Waals surface area contributed by atoms with Crippen LogP contribution in [0.4, 0.5) is 5.69 Å². The molecule has 1 atom stereocenters. The van der Waals surface area contributed by atoms with Crippen LogP contribution in [-0.2, 0) is 24.3 Å². The number of hydrogen-bond donors (Lipinski definition) is 0. The number of carbonyl (C=O) groups is 2. The van der Waals surface area contributed by atoms with Gasteiger partial charge in [0.2, 0.25) is 6.10 Å². The van der Waals surface area contributed by atoms with Crippen LogP contribution >= 0.6 is 0 Å². The predicted octanol–water partition coefficient (Wildman–Crippen LogP) is 2.55. The van der Waals surface area contributed by atoms with E-state index in [1.54, 1.807) is 24.3 Å². The summed E-state index contributed by atoms with van der Waals surface area (Å²) in [7, 11) is -2.61. The highest BCUT2D eigenvalue weighted by atomic mass is 32.2. The molecule has 2 aromatic rings. The quantitative estimate of drug-likeness (QED) is 0.468. The summed E-state index contributed by atoms with van der Waals surface area (Å²) < 4.78 is 43.1. The molecule has 0 unspecified atom stereocenters.